The van der Waals surface area contributed by atoms with Crippen molar-refractivity contribution in [2.45, 2.75) is 37.9 Å². The monoisotopic (exact) mass is 230 g/mol. The van der Waals surface area contributed by atoms with Crippen LogP contribution in [-0.4, -0.2) is 29.4 Å². The van der Waals surface area contributed by atoms with Crippen molar-refractivity contribution < 1.29 is 4.79 Å². The summed E-state index contributed by atoms with van der Waals surface area (Å²) in [6.07, 6.45) is 3.31. The molecule has 0 radical (unpaired) electrons. The molecule has 0 aliphatic carbocycles. The van der Waals surface area contributed by atoms with Gasteiger partial charge in [-0.2, -0.15) is 0 Å². The van der Waals surface area contributed by atoms with Crippen LogP contribution in [0.5, 0.6) is 0 Å². The maximum atomic E-state index is 11.9. The molecule has 1 N–H and O–H groups in total. The topological polar surface area (TPSA) is 32.3 Å². The molecule has 2 bridgehead atoms. The van der Waals surface area contributed by atoms with Crippen molar-refractivity contribution in [3.05, 3.63) is 35.9 Å². The quantitative estimate of drug-likeness (QED) is 0.836. The Kier molecular flexibility index (Phi) is 2.85. The van der Waals surface area contributed by atoms with Gasteiger partial charge in [0.05, 0.1) is 6.04 Å². The van der Waals surface area contributed by atoms with Gasteiger partial charge >= 0.3 is 0 Å². The number of carbonyl (C=O) groups is 1. The number of amides is 1. The zero-order chi connectivity index (χ0) is 11.7. The van der Waals surface area contributed by atoms with Crippen molar-refractivity contribution >= 4 is 5.91 Å². The highest BCUT2D eigenvalue weighted by Crippen LogP contribution is 2.23. The van der Waals surface area contributed by atoms with Crippen LogP contribution in [0.4, 0.5) is 0 Å². The van der Waals surface area contributed by atoms with E-state index in [-0.39, 0.29) is 11.9 Å². The number of carbonyl (C=O) groups excluding carboxylic acids is 1. The van der Waals surface area contributed by atoms with Crippen molar-refractivity contribution in [1.82, 2.24) is 10.2 Å². The normalized spacial score (nSPS) is 28.8. The van der Waals surface area contributed by atoms with Gasteiger partial charge in [-0.1, -0.05) is 30.3 Å². The lowest BCUT2D eigenvalue weighted by Crippen LogP contribution is -2.57. The first kappa shape index (κ1) is 10.8. The minimum atomic E-state index is 0.0916. The summed E-state index contributed by atoms with van der Waals surface area (Å²) < 4.78 is 0. The SMILES string of the molecule is O=C1NC2CCCC1N(Cc1ccccc1)C2. The predicted molar refractivity (Wildman–Crippen MR) is 66.4 cm³/mol. The van der Waals surface area contributed by atoms with Gasteiger partial charge in [-0.15, -0.1) is 0 Å². The number of piperazine rings is 1. The fourth-order valence-electron chi connectivity index (χ4n) is 2.95. The number of nitrogens with zero attached hydrogens (tertiary/aromatic N) is 1. The highest BCUT2D eigenvalue weighted by Gasteiger charge is 2.36. The van der Waals surface area contributed by atoms with Gasteiger partial charge in [0.15, 0.2) is 0 Å². The predicted octanol–water partition coefficient (Wildman–Crippen LogP) is 1.54. The molecule has 3 heterocycles. The third-order valence-corrected chi connectivity index (χ3v) is 3.80. The molecule has 0 aromatic heterocycles. The maximum Gasteiger partial charge on any atom is 0.237 e. The third-order valence-electron chi connectivity index (χ3n) is 3.80. The first-order valence-electron chi connectivity index (χ1n) is 6.41. The van der Waals surface area contributed by atoms with E-state index in [0.29, 0.717) is 6.04 Å². The minimum Gasteiger partial charge on any atom is -0.351 e. The summed E-state index contributed by atoms with van der Waals surface area (Å²) in [4.78, 5) is 14.3. The van der Waals surface area contributed by atoms with E-state index in [4.69, 9.17) is 0 Å². The summed E-state index contributed by atoms with van der Waals surface area (Å²) in [5.74, 6) is 0.231. The molecule has 3 nitrogen and oxygen atoms in total. The van der Waals surface area contributed by atoms with E-state index in [0.717, 1.165) is 25.9 Å². The second kappa shape index (κ2) is 4.49. The Morgan fingerprint density at radius 2 is 2.06 bits per heavy atom. The van der Waals surface area contributed by atoms with E-state index in [1.165, 1.54) is 12.0 Å². The maximum absolute atomic E-state index is 11.9. The van der Waals surface area contributed by atoms with Crippen LogP contribution in [0.3, 0.4) is 0 Å². The molecular weight excluding hydrogens is 212 g/mol. The Labute approximate surface area is 102 Å². The van der Waals surface area contributed by atoms with Gasteiger partial charge in [-0.05, 0) is 24.8 Å². The van der Waals surface area contributed by atoms with Gasteiger partial charge in [0.1, 0.15) is 0 Å². The van der Waals surface area contributed by atoms with Gasteiger partial charge in [0.25, 0.3) is 0 Å². The molecule has 2 atom stereocenters. The Morgan fingerprint density at radius 3 is 2.88 bits per heavy atom. The molecule has 3 fully saturated rings. The summed E-state index contributed by atoms with van der Waals surface area (Å²) in [7, 11) is 0. The highest BCUT2D eigenvalue weighted by atomic mass is 16.2. The lowest BCUT2D eigenvalue weighted by Gasteiger charge is -2.36. The second-order valence-corrected chi connectivity index (χ2v) is 5.07. The Bertz CT molecular complexity index is 404. The molecule has 0 spiro atoms. The zero-order valence-corrected chi connectivity index (χ0v) is 9.93. The summed E-state index contributed by atoms with van der Waals surface area (Å²) in [5.41, 5.74) is 1.30. The van der Waals surface area contributed by atoms with Crippen LogP contribution >= 0.6 is 0 Å². The van der Waals surface area contributed by atoms with E-state index in [1.54, 1.807) is 0 Å². The van der Waals surface area contributed by atoms with Gasteiger partial charge < -0.3 is 5.32 Å². The highest BCUT2D eigenvalue weighted by molar-refractivity contribution is 5.83. The fraction of sp³-hybridized carbons (Fsp3) is 0.500. The molecule has 2 unspecified atom stereocenters. The Balaban J connectivity index is 1.77. The Morgan fingerprint density at radius 1 is 1.24 bits per heavy atom. The molecule has 90 valence electrons. The van der Waals surface area contributed by atoms with Crippen molar-refractivity contribution in [2.24, 2.45) is 0 Å². The van der Waals surface area contributed by atoms with E-state index in [9.17, 15) is 4.79 Å². The fourth-order valence-corrected chi connectivity index (χ4v) is 2.95. The summed E-state index contributed by atoms with van der Waals surface area (Å²) in [6.45, 7) is 1.90. The molecule has 4 rings (SSSR count). The van der Waals surface area contributed by atoms with Crippen LogP contribution in [0.1, 0.15) is 24.8 Å². The number of hydrogen-bond donors (Lipinski definition) is 1. The molecule has 3 aliphatic rings. The molecule has 3 heteroatoms. The third kappa shape index (κ3) is 2.20. The van der Waals surface area contributed by atoms with Crippen LogP contribution in [0.2, 0.25) is 0 Å². The van der Waals surface area contributed by atoms with Crippen LogP contribution in [0.25, 0.3) is 0 Å². The molecule has 1 amide bonds. The molecule has 0 saturated carbocycles. The average molecular weight is 230 g/mol. The van der Waals surface area contributed by atoms with Gasteiger partial charge in [-0.3, -0.25) is 9.69 Å². The lowest BCUT2D eigenvalue weighted by atomic mass is 10.1. The van der Waals surface area contributed by atoms with E-state index in [1.807, 2.05) is 6.07 Å². The average Bonchev–Trinajstić information content (AvgIpc) is 2.62. The van der Waals surface area contributed by atoms with Crippen molar-refractivity contribution in [1.29, 1.82) is 0 Å². The van der Waals surface area contributed by atoms with Crippen molar-refractivity contribution in [2.75, 3.05) is 6.54 Å². The van der Waals surface area contributed by atoms with Crippen LogP contribution < -0.4 is 5.32 Å². The van der Waals surface area contributed by atoms with Crippen molar-refractivity contribution in [3.8, 4) is 0 Å². The molecule has 17 heavy (non-hydrogen) atoms. The second-order valence-electron chi connectivity index (χ2n) is 5.07. The van der Waals surface area contributed by atoms with E-state index < -0.39 is 0 Å². The van der Waals surface area contributed by atoms with E-state index >= 15 is 0 Å². The van der Waals surface area contributed by atoms with Gasteiger partial charge in [0.2, 0.25) is 5.91 Å². The summed E-state index contributed by atoms with van der Waals surface area (Å²) in [5, 5.41) is 3.11. The molecule has 1 aromatic rings. The lowest BCUT2D eigenvalue weighted by molar-refractivity contribution is -0.130. The minimum absolute atomic E-state index is 0.0916. The Hall–Kier alpha value is -1.35. The standard InChI is InChI=1S/C14H18N2O/c17-14-13-8-4-7-12(15-14)10-16(13)9-11-5-2-1-3-6-11/h1-3,5-6,12-13H,4,7-10H2,(H,15,17). The number of hydrogen-bond acceptors (Lipinski definition) is 2. The smallest absolute Gasteiger partial charge is 0.237 e. The van der Waals surface area contributed by atoms with Crippen LogP contribution in [0.15, 0.2) is 30.3 Å². The number of nitrogens with one attached hydrogen (secondary N) is 1. The first-order chi connectivity index (χ1) is 8.33. The first-order valence-corrected chi connectivity index (χ1v) is 6.41. The zero-order valence-electron chi connectivity index (χ0n) is 9.93. The molecule has 1 aromatic carbocycles. The van der Waals surface area contributed by atoms with Gasteiger partial charge in [0, 0.05) is 19.1 Å². The summed E-state index contributed by atoms with van der Waals surface area (Å²) in [6, 6.07) is 10.9. The number of benzene rings is 1. The van der Waals surface area contributed by atoms with Crippen LogP contribution in [-0.2, 0) is 11.3 Å². The van der Waals surface area contributed by atoms with E-state index in [2.05, 4.69) is 34.5 Å². The molecular formula is C14H18N2O. The molecule has 3 saturated heterocycles. The number of rotatable bonds is 2. The largest absolute Gasteiger partial charge is 0.351 e. The number of fused-ring (bicyclic) bond motifs is 4. The van der Waals surface area contributed by atoms with Gasteiger partial charge in [-0.25, -0.2) is 0 Å². The summed E-state index contributed by atoms with van der Waals surface area (Å²) >= 11 is 0. The molecule has 3 aliphatic heterocycles. The van der Waals surface area contributed by atoms with Crippen molar-refractivity contribution in [3.63, 3.8) is 0 Å². The van der Waals surface area contributed by atoms with Crippen LogP contribution in [0, 0.1) is 0 Å².